The molecule has 0 fully saturated rings. The molecular formula is C24H34N2O4S. The highest BCUT2D eigenvalue weighted by Gasteiger charge is 2.27. The van der Waals surface area contributed by atoms with E-state index in [4.69, 9.17) is 4.74 Å². The molecule has 0 aliphatic heterocycles. The standard InChI is InChI=1S/C24H34N2O4S/c1-5-7-9-20(6-2)17-25-24(27)18-26(21-10-8-11-22(16-21)30-4)31(28,29)23-14-12-19(3)13-15-23/h8,10-16,20H,5-7,9,17-18H2,1-4H3,(H,25,27)/t20-/m1/s1. The van der Waals surface area contributed by atoms with Crippen LogP contribution in [0.15, 0.2) is 53.4 Å². The SMILES string of the molecule is CCCC[C@@H](CC)CNC(=O)CN(c1cccc(OC)c1)S(=O)(=O)c1ccc(C)cc1. The number of amides is 1. The Morgan fingerprint density at radius 1 is 1.13 bits per heavy atom. The Bertz CT molecular complexity index is 942. The summed E-state index contributed by atoms with van der Waals surface area (Å²) in [5, 5.41) is 2.93. The van der Waals surface area contributed by atoms with Gasteiger partial charge in [-0.1, -0.05) is 56.9 Å². The van der Waals surface area contributed by atoms with Crippen molar-refractivity contribution in [3.63, 3.8) is 0 Å². The number of sulfonamides is 1. The molecule has 0 saturated heterocycles. The Hall–Kier alpha value is -2.54. The topological polar surface area (TPSA) is 75.7 Å². The van der Waals surface area contributed by atoms with Crippen molar-refractivity contribution < 1.29 is 17.9 Å². The summed E-state index contributed by atoms with van der Waals surface area (Å²) in [6.07, 6.45) is 4.26. The summed E-state index contributed by atoms with van der Waals surface area (Å²) in [5.41, 5.74) is 1.34. The quantitative estimate of drug-likeness (QED) is 0.520. The second-order valence-electron chi connectivity index (χ2n) is 7.75. The van der Waals surface area contributed by atoms with Crippen molar-refractivity contribution in [2.24, 2.45) is 5.92 Å². The third-order valence-electron chi connectivity index (χ3n) is 5.37. The Labute approximate surface area is 186 Å². The lowest BCUT2D eigenvalue weighted by molar-refractivity contribution is -0.119. The van der Waals surface area contributed by atoms with Crippen LogP contribution in [0.25, 0.3) is 0 Å². The van der Waals surface area contributed by atoms with Crippen LogP contribution in [0.4, 0.5) is 5.69 Å². The lowest BCUT2D eigenvalue weighted by Crippen LogP contribution is -2.42. The molecule has 31 heavy (non-hydrogen) atoms. The molecule has 7 heteroatoms. The van der Waals surface area contributed by atoms with E-state index in [0.717, 1.165) is 35.6 Å². The van der Waals surface area contributed by atoms with E-state index in [-0.39, 0.29) is 17.3 Å². The van der Waals surface area contributed by atoms with E-state index in [2.05, 4.69) is 19.2 Å². The summed E-state index contributed by atoms with van der Waals surface area (Å²) < 4.78 is 33.2. The fourth-order valence-corrected chi connectivity index (χ4v) is 4.72. The average Bonchev–Trinajstić information content (AvgIpc) is 2.77. The van der Waals surface area contributed by atoms with Crippen LogP contribution < -0.4 is 14.4 Å². The Balaban J connectivity index is 2.27. The monoisotopic (exact) mass is 446 g/mol. The van der Waals surface area contributed by atoms with Gasteiger partial charge in [-0.15, -0.1) is 0 Å². The number of anilines is 1. The first-order valence-corrected chi connectivity index (χ1v) is 12.3. The van der Waals surface area contributed by atoms with Crippen LogP contribution >= 0.6 is 0 Å². The highest BCUT2D eigenvalue weighted by Crippen LogP contribution is 2.27. The molecule has 2 aromatic carbocycles. The van der Waals surface area contributed by atoms with Crippen LogP contribution in [0.2, 0.25) is 0 Å². The lowest BCUT2D eigenvalue weighted by Gasteiger charge is -2.25. The summed E-state index contributed by atoms with van der Waals surface area (Å²) in [6, 6.07) is 13.3. The molecular weight excluding hydrogens is 412 g/mol. The zero-order valence-corrected chi connectivity index (χ0v) is 19.7. The normalized spacial score (nSPS) is 12.3. The fourth-order valence-electron chi connectivity index (χ4n) is 3.31. The summed E-state index contributed by atoms with van der Waals surface area (Å²) in [4.78, 5) is 12.9. The number of unbranched alkanes of at least 4 members (excludes halogenated alkanes) is 1. The van der Waals surface area contributed by atoms with Gasteiger partial charge in [0.1, 0.15) is 12.3 Å². The molecule has 0 radical (unpaired) electrons. The van der Waals surface area contributed by atoms with E-state index in [1.165, 1.54) is 7.11 Å². The predicted molar refractivity (Wildman–Crippen MR) is 125 cm³/mol. The number of hydrogen-bond acceptors (Lipinski definition) is 4. The molecule has 0 unspecified atom stereocenters. The number of ether oxygens (including phenoxy) is 1. The molecule has 0 bridgehead atoms. The molecule has 0 aromatic heterocycles. The molecule has 1 amide bonds. The van der Waals surface area contributed by atoms with Crippen LogP contribution in [0.5, 0.6) is 5.75 Å². The number of carbonyl (C=O) groups is 1. The second kappa shape index (κ2) is 11.7. The first kappa shape index (κ1) is 24.7. The largest absolute Gasteiger partial charge is 0.497 e. The van der Waals surface area contributed by atoms with Gasteiger partial charge in [-0.05, 0) is 43.5 Å². The first-order valence-electron chi connectivity index (χ1n) is 10.8. The summed E-state index contributed by atoms with van der Waals surface area (Å²) in [6.45, 7) is 6.40. The molecule has 0 heterocycles. The Morgan fingerprint density at radius 2 is 1.84 bits per heavy atom. The molecule has 1 atom stereocenters. The number of nitrogens with one attached hydrogen (secondary N) is 1. The smallest absolute Gasteiger partial charge is 0.264 e. The van der Waals surface area contributed by atoms with Crippen molar-refractivity contribution >= 4 is 21.6 Å². The minimum Gasteiger partial charge on any atom is -0.497 e. The van der Waals surface area contributed by atoms with Crippen molar-refractivity contribution in [1.82, 2.24) is 5.32 Å². The van der Waals surface area contributed by atoms with Gasteiger partial charge in [0.05, 0.1) is 17.7 Å². The average molecular weight is 447 g/mol. The van der Waals surface area contributed by atoms with E-state index in [1.807, 2.05) is 6.92 Å². The highest BCUT2D eigenvalue weighted by atomic mass is 32.2. The Kier molecular flexibility index (Phi) is 9.37. The maximum atomic E-state index is 13.4. The molecule has 0 aliphatic carbocycles. The number of carbonyl (C=O) groups excluding carboxylic acids is 1. The van der Waals surface area contributed by atoms with Gasteiger partial charge in [0.2, 0.25) is 5.91 Å². The zero-order valence-electron chi connectivity index (χ0n) is 18.9. The van der Waals surface area contributed by atoms with Crippen molar-refractivity contribution in [2.75, 3.05) is 24.5 Å². The van der Waals surface area contributed by atoms with Crippen molar-refractivity contribution in [1.29, 1.82) is 0 Å². The predicted octanol–water partition coefficient (Wildman–Crippen LogP) is 4.53. The van der Waals surface area contributed by atoms with Gasteiger partial charge in [-0.2, -0.15) is 0 Å². The highest BCUT2D eigenvalue weighted by molar-refractivity contribution is 7.92. The third-order valence-corrected chi connectivity index (χ3v) is 7.16. The minimum atomic E-state index is -3.93. The van der Waals surface area contributed by atoms with Crippen LogP contribution in [-0.2, 0) is 14.8 Å². The zero-order chi connectivity index (χ0) is 22.9. The molecule has 0 aliphatic rings. The summed E-state index contributed by atoms with van der Waals surface area (Å²) in [7, 11) is -2.41. The maximum Gasteiger partial charge on any atom is 0.264 e. The number of hydrogen-bond donors (Lipinski definition) is 1. The van der Waals surface area contributed by atoms with Crippen LogP contribution in [0.1, 0.15) is 45.1 Å². The fraction of sp³-hybridized carbons (Fsp3) is 0.458. The summed E-state index contributed by atoms with van der Waals surface area (Å²) in [5.74, 6) is 0.587. The molecule has 1 N–H and O–H groups in total. The minimum absolute atomic E-state index is 0.142. The van der Waals surface area contributed by atoms with Gasteiger partial charge in [0.25, 0.3) is 10.0 Å². The summed E-state index contributed by atoms with van der Waals surface area (Å²) >= 11 is 0. The van der Waals surface area contributed by atoms with Crippen LogP contribution in [0, 0.1) is 12.8 Å². The van der Waals surface area contributed by atoms with Crippen molar-refractivity contribution in [2.45, 2.75) is 51.3 Å². The third kappa shape index (κ3) is 6.99. The van der Waals surface area contributed by atoms with E-state index in [9.17, 15) is 13.2 Å². The molecule has 0 saturated carbocycles. The number of rotatable bonds is 12. The number of aryl methyl sites for hydroxylation is 1. The van der Waals surface area contributed by atoms with Crippen molar-refractivity contribution in [3.8, 4) is 5.75 Å². The van der Waals surface area contributed by atoms with Gasteiger partial charge in [0, 0.05) is 12.6 Å². The second-order valence-corrected chi connectivity index (χ2v) is 9.61. The van der Waals surface area contributed by atoms with Gasteiger partial charge in [0.15, 0.2) is 0 Å². The number of methoxy groups -OCH3 is 1. The van der Waals surface area contributed by atoms with Crippen LogP contribution in [0.3, 0.4) is 0 Å². The molecule has 2 rings (SSSR count). The van der Waals surface area contributed by atoms with Crippen molar-refractivity contribution in [3.05, 3.63) is 54.1 Å². The van der Waals surface area contributed by atoms with E-state index >= 15 is 0 Å². The lowest BCUT2D eigenvalue weighted by atomic mass is 9.99. The van der Waals surface area contributed by atoms with Gasteiger partial charge in [-0.3, -0.25) is 9.10 Å². The van der Waals surface area contributed by atoms with E-state index in [0.29, 0.717) is 23.9 Å². The number of benzene rings is 2. The van der Waals surface area contributed by atoms with E-state index < -0.39 is 10.0 Å². The van der Waals surface area contributed by atoms with Gasteiger partial charge in [-0.25, -0.2) is 8.42 Å². The van der Waals surface area contributed by atoms with Gasteiger partial charge < -0.3 is 10.1 Å². The van der Waals surface area contributed by atoms with E-state index in [1.54, 1.807) is 48.5 Å². The molecule has 6 nitrogen and oxygen atoms in total. The van der Waals surface area contributed by atoms with Crippen LogP contribution in [-0.4, -0.2) is 34.5 Å². The Morgan fingerprint density at radius 3 is 2.45 bits per heavy atom. The molecule has 0 spiro atoms. The number of nitrogens with zero attached hydrogens (tertiary/aromatic N) is 1. The van der Waals surface area contributed by atoms with Gasteiger partial charge >= 0.3 is 0 Å². The molecule has 170 valence electrons. The first-order chi connectivity index (χ1) is 14.8. The maximum absolute atomic E-state index is 13.4. The molecule has 2 aromatic rings.